The van der Waals surface area contributed by atoms with Gasteiger partial charge in [0, 0.05) is 51.3 Å². The van der Waals surface area contributed by atoms with Crippen molar-refractivity contribution in [2.75, 3.05) is 0 Å². The Hall–Kier alpha value is -6.13. The first-order valence-corrected chi connectivity index (χ1v) is 17.0. The van der Waals surface area contributed by atoms with E-state index in [1.165, 1.54) is 5.39 Å². The van der Waals surface area contributed by atoms with Gasteiger partial charge in [0.2, 0.25) is 0 Å². The van der Waals surface area contributed by atoms with Crippen molar-refractivity contribution in [3.05, 3.63) is 175 Å². The Bertz CT molecular complexity index is 3180. The molecule has 0 radical (unpaired) electrons. The standard InChI is InChI=1S/C45H26FN5.Pd/c46-42(29-19-20-32-33-14-4-6-17-38(33)49-25-24-48-44(49)37(32)27-29)28-10-8-13-31(26-28)51-40-22-21-35-34-15-5-7-18-39(34)50(30-11-2-1-3-12-30)43(35)41(40)36-16-9-23-47-45(36)51;/h1-25,42H;/q-2;+2. The van der Waals surface area contributed by atoms with Gasteiger partial charge in [0.15, 0.2) is 0 Å². The Balaban J connectivity index is 0.00000338. The van der Waals surface area contributed by atoms with E-state index in [-0.39, 0.29) is 20.4 Å². The SMILES string of the molecule is FC(c1[c-]c(-n2c3ccc4c5ccccc5n(-c5ccccc5)c4c3c3cccnc32)ccc1)c1[c-]c2c(cc1)c1ccccc1n1ccnc21.[Pd+2]. The van der Waals surface area contributed by atoms with Crippen LogP contribution in [0.4, 0.5) is 4.39 Å². The van der Waals surface area contributed by atoms with Crippen molar-refractivity contribution in [2.24, 2.45) is 0 Å². The van der Waals surface area contributed by atoms with Crippen LogP contribution in [0.15, 0.2) is 152 Å². The van der Waals surface area contributed by atoms with Gasteiger partial charge in [0.1, 0.15) is 11.8 Å². The summed E-state index contributed by atoms with van der Waals surface area (Å²) in [6.45, 7) is 0. The molecule has 0 spiro atoms. The van der Waals surface area contributed by atoms with Crippen LogP contribution in [0.2, 0.25) is 0 Å². The zero-order valence-electron chi connectivity index (χ0n) is 27.4. The summed E-state index contributed by atoms with van der Waals surface area (Å²) in [6.07, 6.45) is 4.07. The molecule has 0 bridgehead atoms. The number of hydrogen-bond acceptors (Lipinski definition) is 2. The van der Waals surface area contributed by atoms with Gasteiger partial charge in [-0.2, -0.15) is 18.2 Å². The summed E-state index contributed by atoms with van der Waals surface area (Å²) in [4.78, 5) is 9.52. The third kappa shape index (κ3) is 4.30. The van der Waals surface area contributed by atoms with E-state index in [9.17, 15) is 0 Å². The number of fused-ring (bicyclic) bond motifs is 13. The number of alkyl halides is 1. The molecule has 5 nitrogen and oxygen atoms in total. The molecule has 248 valence electrons. The quantitative estimate of drug-likeness (QED) is 0.102. The Morgan fingerprint density at radius 1 is 0.519 bits per heavy atom. The van der Waals surface area contributed by atoms with E-state index >= 15 is 4.39 Å². The molecule has 0 saturated heterocycles. The second-order valence-corrected chi connectivity index (χ2v) is 12.9. The van der Waals surface area contributed by atoms with E-state index in [2.05, 4.69) is 105 Å². The van der Waals surface area contributed by atoms with Crippen molar-refractivity contribution in [3.63, 3.8) is 0 Å². The van der Waals surface area contributed by atoms with Gasteiger partial charge in [0.05, 0.1) is 22.2 Å². The number of imidazole rings is 1. The predicted molar refractivity (Wildman–Crippen MR) is 204 cm³/mol. The van der Waals surface area contributed by atoms with Gasteiger partial charge in [-0.05, 0) is 47.9 Å². The number of nitrogens with zero attached hydrogens (tertiary/aromatic N) is 5. The molecule has 0 N–H and O–H groups in total. The molecule has 0 saturated carbocycles. The summed E-state index contributed by atoms with van der Waals surface area (Å²) in [6, 6.07) is 52.0. The predicted octanol–water partition coefficient (Wildman–Crippen LogP) is 10.9. The van der Waals surface area contributed by atoms with Crippen molar-refractivity contribution in [1.29, 1.82) is 0 Å². The minimum absolute atomic E-state index is 0. The fourth-order valence-electron chi connectivity index (χ4n) is 8.04. The molecule has 1 atom stereocenters. The van der Waals surface area contributed by atoms with Crippen LogP contribution in [-0.2, 0) is 20.4 Å². The van der Waals surface area contributed by atoms with E-state index < -0.39 is 6.17 Å². The van der Waals surface area contributed by atoms with E-state index in [4.69, 9.17) is 4.98 Å². The molecule has 6 aromatic carbocycles. The normalized spacial score (nSPS) is 12.5. The number of benzene rings is 6. The molecule has 1 unspecified atom stereocenters. The minimum atomic E-state index is -1.45. The molecule has 11 rings (SSSR count). The Labute approximate surface area is 310 Å². The fourth-order valence-corrected chi connectivity index (χ4v) is 8.04. The summed E-state index contributed by atoms with van der Waals surface area (Å²) in [7, 11) is 0. The second-order valence-electron chi connectivity index (χ2n) is 12.9. The maximum atomic E-state index is 16.7. The van der Waals surface area contributed by atoms with Gasteiger partial charge >= 0.3 is 20.4 Å². The maximum absolute atomic E-state index is 16.7. The fraction of sp³-hybridized carbons (Fsp3) is 0.0222. The molecule has 5 aromatic heterocycles. The van der Waals surface area contributed by atoms with Gasteiger partial charge in [-0.15, -0.1) is 29.8 Å². The maximum Gasteiger partial charge on any atom is 2.00 e. The second kappa shape index (κ2) is 11.7. The van der Waals surface area contributed by atoms with E-state index in [1.54, 1.807) is 12.3 Å². The van der Waals surface area contributed by atoms with Crippen LogP contribution in [-0.4, -0.2) is 23.5 Å². The van der Waals surface area contributed by atoms with Crippen LogP contribution in [0.5, 0.6) is 0 Å². The molecule has 0 aliphatic carbocycles. The average Bonchev–Trinajstić information content (AvgIpc) is 3.91. The molecule has 11 aromatic rings. The van der Waals surface area contributed by atoms with Crippen molar-refractivity contribution in [2.45, 2.75) is 6.17 Å². The van der Waals surface area contributed by atoms with E-state index in [0.29, 0.717) is 11.1 Å². The molecule has 7 heteroatoms. The minimum Gasteiger partial charge on any atom is -0.340 e. The largest absolute Gasteiger partial charge is 2.00 e. The van der Waals surface area contributed by atoms with Gasteiger partial charge in [-0.1, -0.05) is 82.7 Å². The first-order valence-electron chi connectivity index (χ1n) is 17.0. The number of rotatable bonds is 4. The van der Waals surface area contributed by atoms with Crippen molar-refractivity contribution < 1.29 is 24.8 Å². The summed E-state index contributed by atoms with van der Waals surface area (Å²) >= 11 is 0. The summed E-state index contributed by atoms with van der Waals surface area (Å²) < 4.78 is 23.2. The van der Waals surface area contributed by atoms with E-state index in [1.807, 2.05) is 65.3 Å². The number of pyridine rings is 2. The number of aromatic nitrogens is 5. The molecule has 52 heavy (non-hydrogen) atoms. The van der Waals surface area contributed by atoms with Gasteiger partial charge in [0.25, 0.3) is 0 Å². The number of para-hydroxylation sites is 3. The first kappa shape index (κ1) is 30.7. The van der Waals surface area contributed by atoms with Gasteiger partial charge in [-0.3, -0.25) is 4.98 Å². The smallest absolute Gasteiger partial charge is 0.340 e. The Morgan fingerprint density at radius 3 is 2.10 bits per heavy atom. The summed E-state index contributed by atoms with van der Waals surface area (Å²) in [5, 5.41) is 7.32. The third-order valence-electron chi connectivity index (χ3n) is 10.2. The average molecular weight is 762 g/mol. The zero-order chi connectivity index (χ0) is 33.6. The Kier molecular flexibility index (Phi) is 6.91. The van der Waals surface area contributed by atoms with Crippen LogP contribution in [0, 0.1) is 12.1 Å². The molecule has 0 aliphatic rings. The van der Waals surface area contributed by atoms with Gasteiger partial charge < -0.3 is 13.5 Å². The monoisotopic (exact) mass is 761 g/mol. The van der Waals surface area contributed by atoms with Gasteiger partial charge in [-0.25, -0.2) is 9.37 Å². The molecule has 0 amide bonds. The van der Waals surface area contributed by atoms with Crippen LogP contribution in [0.1, 0.15) is 17.3 Å². The van der Waals surface area contributed by atoms with Crippen LogP contribution in [0.3, 0.4) is 0 Å². The molecule has 5 heterocycles. The molecule has 0 fully saturated rings. The number of halogens is 1. The van der Waals surface area contributed by atoms with Crippen LogP contribution >= 0.6 is 0 Å². The van der Waals surface area contributed by atoms with Crippen molar-refractivity contribution in [3.8, 4) is 11.4 Å². The Morgan fingerprint density at radius 2 is 1.23 bits per heavy atom. The molecule has 0 aliphatic heterocycles. The van der Waals surface area contributed by atoms with Crippen LogP contribution < -0.4 is 0 Å². The van der Waals surface area contributed by atoms with Crippen molar-refractivity contribution in [1.82, 2.24) is 23.5 Å². The number of hydrogen-bond donors (Lipinski definition) is 0. The van der Waals surface area contributed by atoms with E-state index in [0.717, 1.165) is 77.1 Å². The topological polar surface area (TPSA) is 40.0 Å². The third-order valence-corrected chi connectivity index (χ3v) is 10.2. The molecular weight excluding hydrogens is 736 g/mol. The van der Waals surface area contributed by atoms with Crippen LogP contribution in [0.25, 0.3) is 82.4 Å². The summed E-state index contributed by atoms with van der Waals surface area (Å²) in [5.41, 5.74) is 8.49. The first-order chi connectivity index (χ1) is 25.2. The zero-order valence-corrected chi connectivity index (χ0v) is 29.0. The molecular formula is C45H26FN5Pd. The van der Waals surface area contributed by atoms with Crippen molar-refractivity contribution >= 4 is 71.1 Å². The summed E-state index contributed by atoms with van der Waals surface area (Å²) in [5.74, 6) is 0.